The molecule has 1 amide bonds. The van der Waals surface area contributed by atoms with E-state index in [1.54, 1.807) is 6.20 Å². The van der Waals surface area contributed by atoms with Crippen molar-refractivity contribution in [1.82, 2.24) is 14.9 Å². The van der Waals surface area contributed by atoms with E-state index < -0.39 is 0 Å². The standard InChI is InChI=1S/C18H26N4O2/c1-13(2)14-4-6-15(7-5-14)16(19)10-21-18(23)12-24-11-17-20-8-9-22(17)3/h4-9,13,16H,10-12,19H2,1-3H3,(H,21,23)/t16-/m0/s1. The minimum atomic E-state index is -0.232. The van der Waals surface area contributed by atoms with Crippen molar-refractivity contribution < 1.29 is 9.53 Å². The van der Waals surface area contributed by atoms with Gasteiger partial charge in [0.1, 0.15) is 19.0 Å². The number of nitrogens with two attached hydrogens (primary N) is 1. The van der Waals surface area contributed by atoms with E-state index in [0.29, 0.717) is 19.1 Å². The summed E-state index contributed by atoms with van der Waals surface area (Å²) in [5.74, 6) is 1.09. The van der Waals surface area contributed by atoms with E-state index in [0.717, 1.165) is 11.4 Å². The van der Waals surface area contributed by atoms with E-state index in [1.807, 2.05) is 29.9 Å². The molecule has 0 saturated heterocycles. The fraction of sp³-hybridized carbons (Fsp3) is 0.444. The summed E-state index contributed by atoms with van der Waals surface area (Å²) < 4.78 is 7.22. The van der Waals surface area contributed by atoms with Gasteiger partial charge >= 0.3 is 0 Å². The van der Waals surface area contributed by atoms with Crippen LogP contribution in [0, 0.1) is 0 Å². The van der Waals surface area contributed by atoms with Crippen LogP contribution in [0.1, 0.15) is 42.8 Å². The number of imidazole rings is 1. The third kappa shape index (κ3) is 5.18. The number of nitrogens with one attached hydrogen (secondary N) is 1. The quantitative estimate of drug-likeness (QED) is 0.774. The Morgan fingerprint density at radius 1 is 1.29 bits per heavy atom. The molecular weight excluding hydrogens is 304 g/mol. The Morgan fingerprint density at radius 3 is 2.54 bits per heavy atom. The lowest BCUT2D eigenvalue weighted by Crippen LogP contribution is -2.34. The van der Waals surface area contributed by atoms with Crippen LogP contribution >= 0.6 is 0 Å². The highest BCUT2D eigenvalue weighted by Crippen LogP contribution is 2.17. The van der Waals surface area contributed by atoms with Gasteiger partial charge in [-0.15, -0.1) is 0 Å². The first-order valence-corrected chi connectivity index (χ1v) is 8.13. The Labute approximate surface area is 143 Å². The topological polar surface area (TPSA) is 82.2 Å². The zero-order valence-corrected chi connectivity index (χ0v) is 14.5. The van der Waals surface area contributed by atoms with Crippen molar-refractivity contribution in [2.45, 2.75) is 32.4 Å². The van der Waals surface area contributed by atoms with Crippen LogP contribution in [0.15, 0.2) is 36.7 Å². The van der Waals surface area contributed by atoms with Gasteiger partial charge in [-0.1, -0.05) is 38.1 Å². The summed E-state index contributed by atoms with van der Waals surface area (Å²) >= 11 is 0. The van der Waals surface area contributed by atoms with Crippen LogP contribution in [0.5, 0.6) is 0 Å². The fourth-order valence-electron chi connectivity index (χ4n) is 2.29. The van der Waals surface area contributed by atoms with E-state index >= 15 is 0 Å². The Morgan fingerprint density at radius 2 is 1.96 bits per heavy atom. The Balaban J connectivity index is 1.71. The van der Waals surface area contributed by atoms with Crippen molar-refractivity contribution in [3.63, 3.8) is 0 Å². The Bertz CT molecular complexity index is 649. The van der Waals surface area contributed by atoms with Crippen molar-refractivity contribution in [2.24, 2.45) is 12.8 Å². The van der Waals surface area contributed by atoms with Crippen molar-refractivity contribution in [3.8, 4) is 0 Å². The zero-order chi connectivity index (χ0) is 17.5. The third-order valence-corrected chi connectivity index (χ3v) is 3.94. The van der Waals surface area contributed by atoms with Gasteiger partial charge in [-0.3, -0.25) is 4.79 Å². The van der Waals surface area contributed by atoms with Gasteiger partial charge in [-0.2, -0.15) is 0 Å². The number of hydrogen-bond acceptors (Lipinski definition) is 4. The first-order chi connectivity index (χ1) is 11.5. The summed E-state index contributed by atoms with van der Waals surface area (Å²) in [5, 5.41) is 2.80. The van der Waals surface area contributed by atoms with Crippen LogP contribution in [0.4, 0.5) is 0 Å². The van der Waals surface area contributed by atoms with Crippen LogP contribution in [0.2, 0.25) is 0 Å². The predicted octanol–water partition coefficient (Wildman–Crippen LogP) is 1.88. The molecule has 130 valence electrons. The molecule has 1 aromatic heterocycles. The molecule has 6 heteroatoms. The third-order valence-electron chi connectivity index (χ3n) is 3.94. The molecular formula is C18H26N4O2. The molecule has 1 heterocycles. The molecule has 0 aliphatic heterocycles. The second-order valence-electron chi connectivity index (χ2n) is 6.18. The highest BCUT2D eigenvalue weighted by Gasteiger charge is 2.09. The minimum Gasteiger partial charge on any atom is -0.364 e. The number of nitrogens with zero attached hydrogens (tertiary/aromatic N) is 2. The van der Waals surface area contributed by atoms with Gasteiger partial charge in [-0.25, -0.2) is 4.98 Å². The number of rotatable bonds is 8. The van der Waals surface area contributed by atoms with E-state index in [4.69, 9.17) is 10.5 Å². The average Bonchev–Trinajstić information content (AvgIpc) is 2.98. The van der Waals surface area contributed by atoms with Gasteiger partial charge in [0.15, 0.2) is 0 Å². The average molecular weight is 330 g/mol. The number of ether oxygens (including phenoxy) is 1. The summed E-state index contributed by atoms with van der Waals surface area (Å²) in [4.78, 5) is 15.9. The maximum Gasteiger partial charge on any atom is 0.246 e. The van der Waals surface area contributed by atoms with Crippen molar-refractivity contribution in [1.29, 1.82) is 0 Å². The van der Waals surface area contributed by atoms with Crippen LogP contribution in [0.3, 0.4) is 0 Å². The second kappa shape index (κ2) is 8.61. The molecule has 24 heavy (non-hydrogen) atoms. The Hall–Kier alpha value is -2.18. The first-order valence-electron chi connectivity index (χ1n) is 8.13. The van der Waals surface area contributed by atoms with Gasteiger partial charge in [0, 0.05) is 32.0 Å². The normalized spacial score (nSPS) is 12.4. The van der Waals surface area contributed by atoms with Gasteiger partial charge in [0.05, 0.1) is 0 Å². The maximum atomic E-state index is 11.8. The minimum absolute atomic E-state index is 0.00807. The summed E-state index contributed by atoms with van der Waals surface area (Å²) in [6.45, 7) is 4.98. The molecule has 2 aromatic rings. The number of aromatic nitrogens is 2. The lowest BCUT2D eigenvalue weighted by atomic mass is 9.99. The van der Waals surface area contributed by atoms with E-state index in [9.17, 15) is 4.79 Å². The number of carbonyl (C=O) groups excluding carboxylic acids is 1. The molecule has 1 aromatic carbocycles. The maximum absolute atomic E-state index is 11.8. The summed E-state index contributed by atoms with van der Waals surface area (Å²) in [5.41, 5.74) is 8.41. The number of benzene rings is 1. The fourth-order valence-corrected chi connectivity index (χ4v) is 2.29. The SMILES string of the molecule is CC(C)c1ccc([C@@H](N)CNC(=O)COCc2nccn2C)cc1. The number of amides is 1. The lowest BCUT2D eigenvalue weighted by Gasteiger charge is -2.14. The molecule has 0 unspecified atom stereocenters. The highest BCUT2D eigenvalue weighted by molar-refractivity contribution is 5.77. The molecule has 0 aliphatic rings. The van der Waals surface area contributed by atoms with Gasteiger partial charge in [-0.05, 0) is 17.0 Å². The zero-order valence-electron chi connectivity index (χ0n) is 14.5. The van der Waals surface area contributed by atoms with E-state index in [-0.39, 0.29) is 18.6 Å². The van der Waals surface area contributed by atoms with Gasteiger partial charge in [0.25, 0.3) is 0 Å². The molecule has 0 bridgehead atoms. The van der Waals surface area contributed by atoms with E-state index in [1.165, 1.54) is 5.56 Å². The van der Waals surface area contributed by atoms with Crippen LogP contribution in [-0.4, -0.2) is 28.6 Å². The van der Waals surface area contributed by atoms with Crippen LogP contribution in [-0.2, 0) is 23.2 Å². The van der Waals surface area contributed by atoms with Crippen LogP contribution in [0.25, 0.3) is 0 Å². The van der Waals surface area contributed by atoms with Crippen molar-refractivity contribution in [3.05, 3.63) is 53.6 Å². The highest BCUT2D eigenvalue weighted by atomic mass is 16.5. The molecule has 0 spiro atoms. The molecule has 0 radical (unpaired) electrons. The van der Waals surface area contributed by atoms with Gasteiger partial charge in [0.2, 0.25) is 5.91 Å². The Kier molecular flexibility index (Phi) is 6.52. The largest absolute Gasteiger partial charge is 0.364 e. The summed E-state index contributed by atoms with van der Waals surface area (Å²) in [6, 6.07) is 7.97. The smallest absolute Gasteiger partial charge is 0.246 e. The van der Waals surface area contributed by atoms with E-state index in [2.05, 4.69) is 36.3 Å². The number of aryl methyl sites for hydroxylation is 1. The molecule has 0 aliphatic carbocycles. The summed E-state index contributed by atoms with van der Waals surface area (Å²) in [6.07, 6.45) is 3.53. The predicted molar refractivity (Wildman–Crippen MR) is 93.3 cm³/mol. The molecule has 2 rings (SSSR count). The lowest BCUT2D eigenvalue weighted by molar-refractivity contribution is -0.126. The molecule has 0 saturated carbocycles. The summed E-state index contributed by atoms with van der Waals surface area (Å²) in [7, 11) is 1.88. The second-order valence-corrected chi connectivity index (χ2v) is 6.18. The number of carbonyl (C=O) groups is 1. The number of hydrogen-bond donors (Lipinski definition) is 2. The molecule has 0 fully saturated rings. The molecule has 1 atom stereocenters. The van der Waals surface area contributed by atoms with Crippen molar-refractivity contribution in [2.75, 3.05) is 13.2 Å². The van der Waals surface area contributed by atoms with Crippen LogP contribution < -0.4 is 11.1 Å². The van der Waals surface area contributed by atoms with Crippen molar-refractivity contribution >= 4 is 5.91 Å². The molecule has 3 N–H and O–H groups in total. The monoisotopic (exact) mass is 330 g/mol. The van der Waals surface area contributed by atoms with Gasteiger partial charge < -0.3 is 20.4 Å². The first kappa shape index (κ1) is 18.2. The molecule has 6 nitrogen and oxygen atoms in total.